The maximum atomic E-state index is 12.6. The van der Waals surface area contributed by atoms with Crippen LogP contribution in [0.15, 0.2) is 53.6 Å². The third kappa shape index (κ3) is 3.43. The van der Waals surface area contributed by atoms with Gasteiger partial charge in [0.05, 0.1) is 17.2 Å². The largest absolute Gasteiger partial charge is 0.416 e. The number of benzene rings is 2. The lowest BCUT2D eigenvalue weighted by molar-refractivity contribution is -0.137. The van der Waals surface area contributed by atoms with Crippen LogP contribution in [0, 0.1) is 0 Å². The molecule has 1 aliphatic heterocycles. The second-order valence-corrected chi connectivity index (χ2v) is 5.85. The number of alkyl halides is 3. The summed E-state index contributed by atoms with van der Waals surface area (Å²) in [5.41, 5.74) is 3.56. The van der Waals surface area contributed by atoms with Gasteiger partial charge in [0.2, 0.25) is 5.91 Å². The molecular formula is C17H12ClF3N2O. The number of hydrogen-bond donors (Lipinski definition) is 1. The number of hydrogen-bond acceptors (Lipinski definition) is 2. The van der Waals surface area contributed by atoms with Crippen LogP contribution in [0.2, 0.25) is 5.02 Å². The van der Waals surface area contributed by atoms with E-state index in [0.717, 1.165) is 17.7 Å². The lowest BCUT2D eigenvalue weighted by Crippen LogP contribution is -2.33. The molecule has 0 unspecified atom stereocenters. The number of nitrogens with one attached hydrogen (secondary N) is 1. The highest BCUT2D eigenvalue weighted by Gasteiger charge is 2.31. The van der Waals surface area contributed by atoms with Gasteiger partial charge in [-0.2, -0.15) is 18.3 Å². The van der Waals surface area contributed by atoms with Crippen molar-refractivity contribution in [2.45, 2.75) is 18.5 Å². The molecule has 2 aromatic rings. The van der Waals surface area contributed by atoms with E-state index < -0.39 is 17.7 Å². The molecule has 1 amide bonds. The van der Waals surface area contributed by atoms with Crippen molar-refractivity contribution in [1.82, 2.24) is 5.43 Å². The molecule has 1 N–H and O–H groups in total. The summed E-state index contributed by atoms with van der Waals surface area (Å²) in [6.45, 7) is 0. The summed E-state index contributed by atoms with van der Waals surface area (Å²) in [6, 6.07) is 11.6. The van der Waals surface area contributed by atoms with Gasteiger partial charge in [0.25, 0.3) is 0 Å². The monoisotopic (exact) mass is 352 g/mol. The van der Waals surface area contributed by atoms with Gasteiger partial charge in [-0.15, -0.1) is 0 Å². The summed E-state index contributed by atoms with van der Waals surface area (Å²) >= 11 is 5.85. The first-order valence-electron chi connectivity index (χ1n) is 7.14. The average Bonchev–Trinajstić information content (AvgIpc) is 2.56. The van der Waals surface area contributed by atoms with Crippen molar-refractivity contribution in [3.05, 3.63) is 70.2 Å². The number of halogens is 4. The van der Waals surface area contributed by atoms with Crippen LogP contribution in [0.25, 0.3) is 0 Å². The smallest absolute Gasteiger partial charge is 0.272 e. The van der Waals surface area contributed by atoms with Gasteiger partial charge < -0.3 is 0 Å². The normalized spacial score (nSPS) is 18.1. The summed E-state index contributed by atoms with van der Waals surface area (Å²) in [5, 5.41) is 4.54. The second-order valence-electron chi connectivity index (χ2n) is 5.42. The fraction of sp³-hybridized carbons (Fsp3) is 0.176. The van der Waals surface area contributed by atoms with Gasteiger partial charge in [0.15, 0.2) is 0 Å². The molecule has 24 heavy (non-hydrogen) atoms. The molecule has 1 atom stereocenters. The zero-order valence-corrected chi connectivity index (χ0v) is 13.0. The van der Waals surface area contributed by atoms with Crippen LogP contribution in [0.4, 0.5) is 13.2 Å². The first-order valence-corrected chi connectivity index (χ1v) is 7.52. The minimum Gasteiger partial charge on any atom is -0.272 e. The minimum absolute atomic E-state index is 0.256. The molecule has 7 heteroatoms. The number of carbonyl (C=O) groups excluding carboxylic acids is 1. The van der Waals surface area contributed by atoms with Crippen molar-refractivity contribution in [2.24, 2.45) is 5.10 Å². The van der Waals surface area contributed by atoms with Crippen LogP contribution in [-0.4, -0.2) is 11.6 Å². The molecule has 0 aliphatic carbocycles. The van der Waals surface area contributed by atoms with E-state index in [1.807, 2.05) is 0 Å². The maximum Gasteiger partial charge on any atom is 0.416 e. The number of carbonyl (C=O) groups is 1. The predicted molar refractivity (Wildman–Crippen MR) is 84.9 cm³/mol. The van der Waals surface area contributed by atoms with Gasteiger partial charge in [-0.3, -0.25) is 4.79 Å². The second kappa shape index (κ2) is 6.28. The van der Waals surface area contributed by atoms with Crippen LogP contribution in [0.3, 0.4) is 0 Å². The highest BCUT2D eigenvalue weighted by molar-refractivity contribution is 6.30. The first kappa shape index (κ1) is 16.5. The standard InChI is InChI=1S/C17H12ClF3N2O/c18-13-7-3-10(4-8-13)14-9-15(22-23-16(14)24)11-1-5-12(6-2-11)17(19,20)21/h1-8,14H,9H2,(H,23,24)/t14-/m1/s1. The molecule has 3 rings (SSSR count). The van der Waals surface area contributed by atoms with Crippen LogP contribution in [-0.2, 0) is 11.0 Å². The molecule has 0 radical (unpaired) electrons. The Bertz CT molecular complexity index is 783. The van der Waals surface area contributed by atoms with Crippen LogP contribution < -0.4 is 5.43 Å². The molecule has 124 valence electrons. The molecule has 0 aromatic heterocycles. The summed E-state index contributed by atoms with van der Waals surface area (Å²) in [6.07, 6.45) is -4.08. The number of nitrogens with zero attached hydrogens (tertiary/aromatic N) is 1. The van der Waals surface area contributed by atoms with Crippen molar-refractivity contribution in [2.75, 3.05) is 0 Å². The third-order valence-electron chi connectivity index (χ3n) is 3.83. The summed E-state index contributed by atoms with van der Waals surface area (Å²) in [4.78, 5) is 12.0. The van der Waals surface area contributed by atoms with Crippen molar-refractivity contribution in [3.8, 4) is 0 Å². The number of rotatable bonds is 2. The Balaban J connectivity index is 1.84. The molecule has 0 bridgehead atoms. The molecule has 0 spiro atoms. The van der Waals surface area contributed by atoms with Gasteiger partial charge in [-0.05, 0) is 35.4 Å². The van der Waals surface area contributed by atoms with Gasteiger partial charge in [-0.1, -0.05) is 35.9 Å². The predicted octanol–water partition coefficient (Wildman–Crippen LogP) is 4.37. The minimum atomic E-state index is -4.38. The Kier molecular flexibility index (Phi) is 4.32. The molecular weight excluding hydrogens is 341 g/mol. The van der Waals surface area contributed by atoms with Crippen molar-refractivity contribution < 1.29 is 18.0 Å². The summed E-state index contributed by atoms with van der Waals surface area (Å²) in [7, 11) is 0. The third-order valence-corrected chi connectivity index (χ3v) is 4.08. The summed E-state index contributed by atoms with van der Waals surface area (Å²) < 4.78 is 37.9. The van der Waals surface area contributed by atoms with Crippen molar-refractivity contribution in [3.63, 3.8) is 0 Å². The lowest BCUT2D eigenvalue weighted by Gasteiger charge is -2.22. The van der Waals surface area contributed by atoms with E-state index in [1.54, 1.807) is 24.3 Å². The van der Waals surface area contributed by atoms with Crippen LogP contribution in [0.5, 0.6) is 0 Å². The number of hydrazone groups is 1. The van der Waals surface area contributed by atoms with E-state index >= 15 is 0 Å². The Morgan fingerprint density at radius 1 is 1.04 bits per heavy atom. The Labute approximate surface area is 141 Å². The molecule has 2 aromatic carbocycles. The molecule has 1 heterocycles. The average molecular weight is 353 g/mol. The molecule has 1 aliphatic rings. The highest BCUT2D eigenvalue weighted by atomic mass is 35.5. The lowest BCUT2D eigenvalue weighted by atomic mass is 9.89. The quantitative estimate of drug-likeness (QED) is 0.857. The van der Waals surface area contributed by atoms with Crippen molar-refractivity contribution in [1.29, 1.82) is 0 Å². The molecule has 3 nitrogen and oxygen atoms in total. The molecule has 0 saturated heterocycles. The number of amides is 1. The Hall–Kier alpha value is -2.34. The van der Waals surface area contributed by atoms with Crippen molar-refractivity contribution >= 4 is 23.2 Å². The van der Waals surface area contributed by atoms with Gasteiger partial charge in [0.1, 0.15) is 0 Å². The first-order chi connectivity index (χ1) is 11.3. The van der Waals surface area contributed by atoms with Gasteiger partial charge in [0, 0.05) is 11.4 Å². The zero-order valence-electron chi connectivity index (χ0n) is 12.3. The van der Waals surface area contributed by atoms with E-state index in [4.69, 9.17) is 11.6 Å². The van der Waals surface area contributed by atoms with Gasteiger partial charge in [-0.25, -0.2) is 5.43 Å². The van der Waals surface area contributed by atoms with E-state index in [-0.39, 0.29) is 5.91 Å². The zero-order chi connectivity index (χ0) is 17.3. The van der Waals surface area contributed by atoms with E-state index in [1.165, 1.54) is 12.1 Å². The van der Waals surface area contributed by atoms with E-state index in [2.05, 4.69) is 10.5 Å². The van der Waals surface area contributed by atoms with Crippen LogP contribution >= 0.6 is 11.6 Å². The van der Waals surface area contributed by atoms with Crippen LogP contribution in [0.1, 0.15) is 29.0 Å². The molecule has 0 fully saturated rings. The maximum absolute atomic E-state index is 12.6. The Morgan fingerprint density at radius 3 is 2.25 bits per heavy atom. The summed E-state index contributed by atoms with van der Waals surface area (Å²) in [5.74, 6) is -0.718. The molecule has 0 saturated carbocycles. The highest BCUT2D eigenvalue weighted by Crippen LogP contribution is 2.30. The van der Waals surface area contributed by atoms with E-state index in [9.17, 15) is 18.0 Å². The SMILES string of the molecule is O=C1NN=C(c2ccc(C(F)(F)F)cc2)C[C@@H]1c1ccc(Cl)cc1. The fourth-order valence-corrected chi connectivity index (χ4v) is 2.66. The Morgan fingerprint density at radius 2 is 1.67 bits per heavy atom. The van der Waals surface area contributed by atoms with Gasteiger partial charge >= 0.3 is 6.18 Å². The van der Waals surface area contributed by atoms with E-state index in [0.29, 0.717) is 22.7 Å². The fourth-order valence-electron chi connectivity index (χ4n) is 2.53. The topological polar surface area (TPSA) is 41.5 Å².